The van der Waals surface area contributed by atoms with Gasteiger partial charge in [-0.3, -0.25) is 4.90 Å². The molecule has 2 N–H and O–H groups in total. The summed E-state index contributed by atoms with van der Waals surface area (Å²) in [5.74, 6) is -0.149. The summed E-state index contributed by atoms with van der Waals surface area (Å²) < 4.78 is 13.3. The molecule has 1 heterocycles. The van der Waals surface area contributed by atoms with Gasteiger partial charge in [-0.25, -0.2) is 4.39 Å². The summed E-state index contributed by atoms with van der Waals surface area (Å²) in [6.45, 7) is 9.25. The average molecular weight is 250 g/mol. The van der Waals surface area contributed by atoms with E-state index in [1.807, 2.05) is 13.0 Å². The van der Waals surface area contributed by atoms with Crippen LogP contribution in [0.3, 0.4) is 0 Å². The molecule has 100 valence electrons. The zero-order valence-electron chi connectivity index (χ0n) is 11.5. The van der Waals surface area contributed by atoms with Crippen LogP contribution in [0.2, 0.25) is 0 Å². The van der Waals surface area contributed by atoms with Crippen LogP contribution in [-0.4, -0.2) is 24.0 Å². The fraction of sp³-hybridized carbons (Fsp3) is 0.600. The second-order valence-corrected chi connectivity index (χ2v) is 6.17. The molecule has 0 amide bonds. The largest absolute Gasteiger partial charge is 0.327 e. The van der Waals surface area contributed by atoms with Gasteiger partial charge in [0.15, 0.2) is 0 Å². The lowest BCUT2D eigenvalue weighted by atomic mass is 9.79. The third kappa shape index (κ3) is 2.90. The highest BCUT2D eigenvalue weighted by molar-refractivity contribution is 5.26. The average Bonchev–Trinajstić information content (AvgIpc) is 2.28. The van der Waals surface area contributed by atoms with Gasteiger partial charge in [-0.2, -0.15) is 0 Å². The van der Waals surface area contributed by atoms with Gasteiger partial charge in [0.2, 0.25) is 0 Å². The van der Waals surface area contributed by atoms with Crippen molar-refractivity contribution in [3.63, 3.8) is 0 Å². The topological polar surface area (TPSA) is 29.3 Å². The number of piperidine rings is 1. The van der Waals surface area contributed by atoms with Crippen LogP contribution < -0.4 is 5.73 Å². The summed E-state index contributed by atoms with van der Waals surface area (Å²) in [6.07, 6.45) is 1.02. The lowest BCUT2D eigenvalue weighted by Crippen LogP contribution is -2.52. The van der Waals surface area contributed by atoms with Crippen LogP contribution in [0.25, 0.3) is 0 Å². The Morgan fingerprint density at radius 2 is 2.17 bits per heavy atom. The van der Waals surface area contributed by atoms with Crippen LogP contribution in [-0.2, 0) is 6.54 Å². The number of likely N-dealkylation sites (tertiary alicyclic amines) is 1. The fourth-order valence-electron chi connectivity index (χ4n) is 2.67. The zero-order valence-corrected chi connectivity index (χ0v) is 11.5. The number of nitrogens with two attached hydrogens (primary N) is 1. The number of rotatable bonds is 2. The summed E-state index contributed by atoms with van der Waals surface area (Å²) >= 11 is 0. The number of benzene rings is 1. The Balaban J connectivity index is 2.08. The number of hydrogen-bond donors (Lipinski definition) is 1. The molecule has 1 saturated heterocycles. The highest BCUT2D eigenvalue weighted by Crippen LogP contribution is 2.29. The van der Waals surface area contributed by atoms with Crippen LogP contribution in [0.5, 0.6) is 0 Å². The lowest BCUT2D eigenvalue weighted by molar-refractivity contribution is 0.0897. The molecule has 0 aromatic heterocycles. The van der Waals surface area contributed by atoms with Crippen LogP contribution in [0.4, 0.5) is 4.39 Å². The Bertz CT molecular complexity index is 429. The van der Waals surface area contributed by atoms with E-state index in [9.17, 15) is 4.39 Å². The maximum absolute atomic E-state index is 13.3. The van der Waals surface area contributed by atoms with Crippen molar-refractivity contribution in [3.8, 4) is 0 Å². The third-order valence-corrected chi connectivity index (χ3v) is 4.10. The molecule has 0 bridgehead atoms. The van der Waals surface area contributed by atoms with Gasteiger partial charge >= 0.3 is 0 Å². The molecular weight excluding hydrogens is 227 g/mol. The molecule has 0 spiro atoms. The van der Waals surface area contributed by atoms with Crippen molar-refractivity contribution in [2.45, 2.75) is 39.8 Å². The molecule has 1 unspecified atom stereocenters. The van der Waals surface area contributed by atoms with Crippen molar-refractivity contribution in [2.24, 2.45) is 11.1 Å². The molecule has 1 aliphatic heterocycles. The number of hydrogen-bond acceptors (Lipinski definition) is 2. The molecule has 0 saturated carbocycles. The molecule has 1 atom stereocenters. The molecule has 18 heavy (non-hydrogen) atoms. The van der Waals surface area contributed by atoms with Crippen molar-refractivity contribution in [1.29, 1.82) is 0 Å². The van der Waals surface area contributed by atoms with Gasteiger partial charge in [0.05, 0.1) is 0 Å². The van der Waals surface area contributed by atoms with Gasteiger partial charge in [-0.1, -0.05) is 19.9 Å². The Kier molecular flexibility index (Phi) is 3.74. The van der Waals surface area contributed by atoms with Gasteiger partial charge in [0.1, 0.15) is 5.82 Å². The first kappa shape index (κ1) is 13.5. The fourth-order valence-corrected chi connectivity index (χ4v) is 2.67. The van der Waals surface area contributed by atoms with Gasteiger partial charge < -0.3 is 5.73 Å². The maximum atomic E-state index is 13.3. The monoisotopic (exact) mass is 250 g/mol. The molecular formula is C15H23FN2. The second-order valence-electron chi connectivity index (χ2n) is 6.17. The third-order valence-electron chi connectivity index (χ3n) is 4.10. The smallest absolute Gasteiger partial charge is 0.123 e. The minimum atomic E-state index is -0.149. The van der Waals surface area contributed by atoms with E-state index >= 15 is 0 Å². The number of halogens is 1. The van der Waals surface area contributed by atoms with Gasteiger partial charge in [0.25, 0.3) is 0 Å². The van der Waals surface area contributed by atoms with Crippen LogP contribution in [0, 0.1) is 18.2 Å². The van der Waals surface area contributed by atoms with Crippen molar-refractivity contribution in [1.82, 2.24) is 4.90 Å². The van der Waals surface area contributed by atoms with E-state index in [0.717, 1.165) is 37.2 Å². The summed E-state index contributed by atoms with van der Waals surface area (Å²) in [4.78, 5) is 2.38. The van der Waals surface area contributed by atoms with Crippen LogP contribution in [0.1, 0.15) is 31.4 Å². The standard InChI is InChI=1S/C15H23FN2/c1-11-4-5-13(16)8-12(11)9-18-7-6-14(17)15(2,3)10-18/h4-5,8,14H,6-7,9-10,17H2,1-3H3. The van der Waals surface area contributed by atoms with E-state index in [2.05, 4.69) is 18.7 Å². The Morgan fingerprint density at radius 1 is 1.44 bits per heavy atom. The summed E-state index contributed by atoms with van der Waals surface area (Å²) in [6, 6.07) is 5.29. The van der Waals surface area contributed by atoms with E-state index in [0.29, 0.717) is 0 Å². The summed E-state index contributed by atoms with van der Waals surface area (Å²) in [5.41, 5.74) is 8.51. The SMILES string of the molecule is Cc1ccc(F)cc1CN1CCC(N)C(C)(C)C1. The molecule has 1 aliphatic rings. The van der Waals surface area contributed by atoms with E-state index < -0.39 is 0 Å². The van der Waals surface area contributed by atoms with E-state index in [-0.39, 0.29) is 17.3 Å². The van der Waals surface area contributed by atoms with E-state index in [4.69, 9.17) is 5.73 Å². The number of aryl methyl sites for hydroxylation is 1. The molecule has 2 rings (SSSR count). The molecule has 0 radical (unpaired) electrons. The predicted molar refractivity (Wildman–Crippen MR) is 72.8 cm³/mol. The molecule has 2 nitrogen and oxygen atoms in total. The first-order chi connectivity index (χ1) is 8.38. The Morgan fingerprint density at radius 3 is 2.83 bits per heavy atom. The van der Waals surface area contributed by atoms with Crippen molar-refractivity contribution in [3.05, 3.63) is 35.1 Å². The van der Waals surface area contributed by atoms with Crippen molar-refractivity contribution >= 4 is 0 Å². The molecule has 1 aromatic carbocycles. The molecule has 0 aliphatic carbocycles. The quantitative estimate of drug-likeness (QED) is 0.874. The molecule has 1 fully saturated rings. The zero-order chi connectivity index (χ0) is 13.3. The van der Waals surface area contributed by atoms with Crippen LogP contribution in [0.15, 0.2) is 18.2 Å². The predicted octanol–water partition coefficient (Wildman–Crippen LogP) is 2.69. The Hall–Kier alpha value is -0.930. The maximum Gasteiger partial charge on any atom is 0.123 e. The molecule has 3 heteroatoms. The van der Waals surface area contributed by atoms with Gasteiger partial charge in [0, 0.05) is 25.7 Å². The minimum absolute atomic E-state index is 0.138. The lowest BCUT2D eigenvalue weighted by Gasteiger charge is -2.42. The van der Waals surface area contributed by atoms with E-state index in [1.54, 1.807) is 6.07 Å². The second kappa shape index (κ2) is 4.98. The van der Waals surface area contributed by atoms with Gasteiger partial charge in [-0.15, -0.1) is 0 Å². The van der Waals surface area contributed by atoms with E-state index in [1.165, 1.54) is 6.07 Å². The van der Waals surface area contributed by atoms with Crippen LogP contribution >= 0.6 is 0 Å². The number of nitrogens with zero attached hydrogens (tertiary/aromatic N) is 1. The summed E-state index contributed by atoms with van der Waals surface area (Å²) in [7, 11) is 0. The normalized spacial score (nSPS) is 24.2. The molecule has 1 aromatic rings. The van der Waals surface area contributed by atoms with Crippen molar-refractivity contribution in [2.75, 3.05) is 13.1 Å². The van der Waals surface area contributed by atoms with Gasteiger partial charge in [-0.05, 0) is 42.0 Å². The Labute approximate surface area is 109 Å². The first-order valence-corrected chi connectivity index (χ1v) is 6.61. The highest BCUT2D eigenvalue weighted by atomic mass is 19.1. The minimum Gasteiger partial charge on any atom is -0.327 e. The first-order valence-electron chi connectivity index (χ1n) is 6.61. The summed E-state index contributed by atoms with van der Waals surface area (Å²) in [5, 5.41) is 0. The highest BCUT2D eigenvalue weighted by Gasteiger charge is 2.33. The van der Waals surface area contributed by atoms with Crippen molar-refractivity contribution < 1.29 is 4.39 Å².